The van der Waals surface area contributed by atoms with E-state index < -0.39 is 28.6 Å². The normalized spacial score (nSPS) is 12.8. The number of nitrogens with one attached hydrogen (secondary N) is 1. The highest BCUT2D eigenvalue weighted by Crippen LogP contribution is 2.23. The van der Waals surface area contributed by atoms with Gasteiger partial charge in [-0.2, -0.15) is 0 Å². The molecular weight excluding hydrogens is 288 g/mol. The highest BCUT2D eigenvalue weighted by molar-refractivity contribution is 7.89. The molecule has 9 heteroatoms. The van der Waals surface area contributed by atoms with Crippen LogP contribution in [0, 0.1) is 0 Å². The standard InChI is InChI=1S/C11H16N2O6S/c1-18-7-3-4-10(8(12)5-7)20(16,17)13-6-9(14)11(15)19-2/h3-5,9,13-14H,6,12H2,1-2H3. The number of carbonyl (C=O) groups excluding carboxylic acids is 1. The third-order valence-electron chi connectivity index (χ3n) is 2.45. The van der Waals surface area contributed by atoms with Gasteiger partial charge in [-0.25, -0.2) is 17.9 Å². The fourth-order valence-corrected chi connectivity index (χ4v) is 2.53. The maximum Gasteiger partial charge on any atom is 0.336 e. The summed E-state index contributed by atoms with van der Waals surface area (Å²) in [6, 6.07) is 4.05. The number of ether oxygens (including phenoxy) is 2. The molecule has 1 atom stereocenters. The zero-order valence-corrected chi connectivity index (χ0v) is 11.8. The second kappa shape index (κ2) is 6.55. The van der Waals surface area contributed by atoms with Crippen molar-refractivity contribution in [2.24, 2.45) is 0 Å². The van der Waals surface area contributed by atoms with Gasteiger partial charge in [-0.15, -0.1) is 0 Å². The molecule has 8 nitrogen and oxygen atoms in total. The predicted octanol–water partition coefficient (Wildman–Crippen LogP) is -0.910. The van der Waals surface area contributed by atoms with Gasteiger partial charge in [-0.1, -0.05) is 0 Å². The largest absolute Gasteiger partial charge is 0.497 e. The molecule has 0 aliphatic carbocycles. The highest BCUT2D eigenvalue weighted by Gasteiger charge is 2.22. The molecule has 20 heavy (non-hydrogen) atoms. The van der Waals surface area contributed by atoms with Crippen molar-refractivity contribution >= 4 is 21.7 Å². The SMILES string of the molecule is COC(=O)C(O)CNS(=O)(=O)c1ccc(OC)cc1N. The summed E-state index contributed by atoms with van der Waals surface area (Å²) < 4.78 is 35.2. The second-order valence-corrected chi connectivity index (χ2v) is 5.53. The smallest absolute Gasteiger partial charge is 0.336 e. The number of methoxy groups -OCH3 is 2. The molecule has 0 saturated carbocycles. The summed E-state index contributed by atoms with van der Waals surface area (Å²) in [5.41, 5.74) is 5.61. The van der Waals surface area contributed by atoms with Gasteiger partial charge in [0.2, 0.25) is 10.0 Å². The second-order valence-electron chi connectivity index (χ2n) is 3.79. The summed E-state index contributed by atoms with van der Waals surface area (Å²) in [4.78, 5) is 10.8. The average Bonchev–Trinajstić information content (AvgIpc) is 2.43. The van der Waals surface area contributed by atoms with Crippen LogP contribution in [0.15, 0.2) is 23.1 Å². The third-order valence-corrected chi connectivity index (χ3v) is 3.94. The minimum atomic E-state index is -3.95. The first-order chi connectivity index (χ1) is 9.31. The van der Waals surface area contributed by atoms with Crippen LogP contribution in [0.4, 0.5) is 5.69 Å². The van der Waals surface area contributed by atoms with Crippen molar-refractivity contribution in [1.82, 2.24) is 4.72 Å². The first-order valence-electron chi connectivity index (χ1n) is 5.51. The zero-order chi connectivity index (χ0) is 15.3. The zero-order valence-electron chi connectivity index (χ0n) is 11.0. The Kier molecular flexibility index (Phi) is 5.31. The van der Waals surface area contributed by atoms with Gasteiger partial charge < -0.3 is 20.3 Å². The van der Waals surface area contributed by atoms with Crippen LogP contribution >= 0.6 is 0 Å². The summed E-state index contributed by atoms with van der Waals surface area (Å²) in [7, 11) is -1.44. The maximum absolute atomic E-state index is 12.0. The molecule has 1 unspecified atom stereocenters. The monoisotopic (exact) mass is 304 g/mol. The minimum absolute atomic E-state index is 0.00981. The van der Waals surface area contributed by atoms with Crippen LogP contribution in [0.25, 0.3) is 0 Å². The van der Waals surface area contributed by atoms with E-state index in [2.05, 4.69) is 9.46 Å². The van der Waals surface area contributed by atoms with Gasteiger partial charge in [0.05, 0.1) is 19.9 Å². The Bertz CT molecular complexity index is 587. The maximum atomic E-state index is 12.0. The lowest BCUT2D eigenvalue weighted by molar-refractivity contribution is -0.149. The van der Waals surface area contributed by atoms with E-state index >= 15 is 0 Å². The van der Waals surface area contributed by atoms with E-state index in [-0.39, 0.29) is 10.6 Å². The van der Waals surface area contributed by atoms with Crippen LogP contribution in [0.2, 0.25) is 0 Å². The van der Waals surface area contributed by atoms with E-state index in [1.807, 2.05) is 0 Å². The fraction of sp³-hybridized carbons (Fsp3) is 0.364. The summed E-state index contributed by atoms with van der Waals surface area (Å²) in [6.07, 6.45) is -1.59. The molecule has 4 N–H and O–H groups in total. The van der Waals surface area contributed by atoms with Gasteiger partial charge in [0.1, 0.15) is 10.6 Å². The number of nitrogen functional groups attached to an aromatic ring is 1. The molecule has 1 aromatic rings. The predicted molar refractivity (Wildman–Crippen MR) is 70.6 cm³/mol. The molecule has 0 aromatic heterocycles. The van der Waals surface area contributed by atoms with Crippen molar-refractivity contribution in [3.8, 4) is 5.75 Å². The van der Waals surface area contributed by atoms with E-state index in [0.717, 1.165) is 7.11 Å². The number of rotatable bonds is 6. The Labute approximate surface area is 116 Å². The highest BCUT2D eigenvalue weighted by atomic mass is 32.2. The number of hydrogen-bond acceptors (Lipinski definition) is 7. The molecule has 0 aliphatic heterocycles. The van der Waals surface area contributed by atoms with E-state index in [9.17, 15) is 18.3 Å². The number of aliphatic hydroxyl groups is 1. The Balaban J connectivity index is 2.87. The Hall–Kier alpha value is -1.84. The van der Waals surface area contributed by atoms with Gasteiger partial charge >= 0.3 is 5.97 Å². The number of esters is 1. The quantitative estimate of drug-likeness (QED) is 0.458. The van der Waals surface area contributed by atoms with Crippen molar-refractivity contribution in [3.05, 3.63) is 18.2 Å². The number of benzene rings is 1. The molecule has 1 rings (SSSR count). The minimum Gasteiger partial charge on any atom is -0.497 e. The van der Waals surface area contributed by atoms with Gasteiger partial charge in [-0.3, -0.25) is 0 Å². The van der Waals surface area contributed by atoms with Crippen LogP contribution in [0.1, 0.15) is 0 Å². The first-order valence-corrected chi connectivity index (χ1v) is 6.99. The molecule has 0 heterocycles. The number of carbonyl (C=O) groups is 1. The molecule has 0 spiro atoms. The van der Waals surface area contributed by atoms with Crippen molar-refractivity contribution in [2.75, 3.05) is 26.5 Å². The lowest BCUT2D eigenvalue weighted by Crippen LogP contribution is -2.37. The van der Waals surface area contributed by atoms with Crippen molar-refractivity contribution in [1.29, 1.82) is 0 Å². The molecular formula is C11H16N2O6S. The lowest BCUT2D eigenvalue weighted by atomic mass is 10.3. The van der Waals surface area contributed by atoms with Crippen molar-refractivity contribution in [3.63, 3.8) is 0 Å². The number of aliphatic hydroxyl groups excluding tert-OH is 1. The summed E-state index contributed by atoms with van der Waals surface area (Å²) in [5.74, 6) is -0.522. The van der Waals surface area contributed by atoms with Gasteiger partial charge in [0.25, 0.3) is 0 Å². The van der Waals surface area contributed by atoms with E-state index in [1.54, 1.807) is 0 Å². The van der Waals surface area contributed by atoms with Crippen molar-refractivity contribution in [2.45, 2.75) is 11.0 Å². The molecule has 1 aromatic carbocycles. The molecule has 0 aliphatic rings. The van der Waals surface area contributed by atoms with Crippen LogP contribution in [0.5, 0.6) is 5.75 Å². The Morgan fingerprint density at radius 3 is 2.60 bits per heavy atom. The van der Waals surface area contributed by atoms with E-state index in [4.69, 9.17) is 10.5 Å². The summed E-state index contributed by atoms with van der Waals surface area (Å²) in [5, 5.41) is 9.33. The van der Waals surface area contributed by atoms with E-state index in [1.165, 1.54) is 25.3 Å². The van der Waals surface area contributed by atoms with Crippen molar-refractivity contribution < 1.29 is 27.8 Å². The average molecular weight is 304 g/mol. The summed E-state index contributed by atoms with van der Waals surface area (Å²) >= 11 is 0. The number of sulfonamides is 1. The number of hydrogen-bond donors (Lipinski definition) is 3. The van der Waals surface area contributed by atoms with Gasteiger partial charge in [0, 0.05) is 12.6 Å². The summed E-state index contributed by atoms with van der Waals surface area (Å²) in [6.45, 7) is -0.513. The fourth-order valence-electron chi connectivity index (χ4n) is 1.38. The molecule has 0 amide bonds. The molecule has 0 saturated heterocycles. The van der Waals surface area contributed by atoms with Crippen LogP contribution in [0.3, 0.4) is 0 Å². The van der Waals surface area contributed by atoms with Crippen LogP contribution < -0.4 is 15.2 Å². The lowest BCUT2D eigenvalue weighted by Gasteiger charge is -2.12. The van der Waals surface area contributed by atoms with Crippen LogP contribution in [-0.2, 0) is 19.6 Å². The molecule has 0 radical (unpaired) electrons. The topological polar surface area (TPSA) is 128 Å². The van der Waals surface area contributed by atoms with Gasteiger partial charge in [-0.05, 0) is 12.1 Å². The van der Waals surface area contributed by atoms with Crippen LogP contribution in [-0.4, -0.2) is 46.4 Å². The Morgan fingerprint density at radius 2 is 2.10 bits per heavy atom. The third kappa shape index (κ3) is 3.83. The number of anilines is 1. The Morgan fingerprint density at radius 1 is 1.45 bits per heavy atom. The molecule has 0 bridgehead atoms. The molecule has 112 valence electrons. The van der Waals surface area contributed by atoms with Gasteiger partial charge in [0.15, 0.2) is 6.10 Å². The van der Waals surface area contributed by atoms with E-state index in [0.29, 0.717) is 5.75 Å². The number of nitrogens with two attached hydrogens (primary N) is 1. The first kappa shape index (κ1) is 16.2. The molecule has 0 fully saturated rings.